The number of rotatable bonds is 3. The van der Waals surface area contributed by atoms with Crippen molar-refractivity contribution in [2.24, 2.45) is 0 Å². The molecule has 2 rings (SSSR count). The predicted molar refractivity (Wildman–Crippen MR) is 72.1 cm³/mol. The van der Waals surface area contributed by atoms with Crippen molar-refractivity contribution in [1.82, 2.24) is 5.32 Å². The Hall–Kier alpha value is -2.04. The molecule has 0 aliphatic carbocycles. The van der Waals surface area contributed by atoms with Crippen LogP contribution >= 0.6 is 0 Å². The summed E-state index contributed by atoms with van der Waals surface area (Å²) < 4.78 is 5.71. The Labute approximate surface area is 112 Å². The maximum Gasteiger partial charge on any atom is 0.261 e. The van der Waals surface area contributed by atoms with E-state index in [9.17, 15) is 9.59 Å². The molecule has 0 radical (unpaired) electrons. The van der Waals surface area contributed by atoms with Gasteiger partial charge in [0.05, 0.1) is 5.56 Å². The molecule has 5 heteroatoms. The Morgan fingerprint density at radius 2 is 2.21 bits per heavy atom. The lowest BCUT2D eigenvalue weighted by Crippen LogP contribution is -2.36. The molecule has 1 amide bonds. The van der Waals surface area contributed by atoms with Crippen molar-refractivity contribution in [3.05, 3.63) is 23.8 Å². The lowest BCUT2D eigenvalue weighted by atomic mass is 10.1. The lowest BCUT2D eigenvalue weighted by molar-refractivity contribution is -0.127. The molecule has 0 spiro atoms. The zero-order valence-electron chi connectivity index (χ0n) is 10.9. The van der Waals surface area contributed by atoms with Crippen LogP contribution in [0, 0.1) is 0 Å². The third-order valence-electron chi connectivity index (χ3n) is 3.14. The summed E-state index contributed by atoms with van der Waals surface area (Å²) in [6.07, 6.45) is 2.00. The highest BCUT2D eigenvalue weighted by Gasteiger charge is 2.23. The number of amides is 1. The van der Waals surface area contributed by atoms with Crippen LogP contribution in [0.5, 0.6) is 5.75 Å². The zero-order chi connectivity index (χ0) is 13.8. The number of Topliss-reactive ketones (excluding diaryl/α,β-unsaturated/α-hetero) is 1. The number of benzene rings is 1. The number of nitrogen functional groups attached to an aromatic ring is 1. The molecule has 19 heavy (non-hydrogen) atoms. The third kappa shape index (κ3) is 3.24. The molecule has 1 aromatic rings. The van der Waals surface area contributed by atoms with E-state index in [1.54, 1.807) is 18.2 Å². The molecule has 1 unspecified atom stereocenters. The molecule has 0 aromatic heterocycles. The summed E-state index contributed by atoms with van der Waals surface area (Å²) in [5, 5.41) is 2.80. The average Bonchev–Trinajstić information content (AvgIpc) is 2.57. The molecule has 102 valence electrons. The third-order valence-corrected chi connectivity index (χ3v) is 3.14. The highest BCUT2D eigenvalue weighted by Crippen LogP contribution is 2.24. The Bertz CT molecular complexity index is 499. The van der Waals surface area contributed by atoms with Crippen LogP contribution in [0.1, 0.15) is 36.5 Å². The van der Waals surface area contributed by atoms with Gasteiger partial charge < -0.3 is 15.8 Å². The molecule has 0 saturated carbocycles. The molecule has 1 fully saturated rings. The first-order valence-electron chi connectivity index (χ1n) is 6.43. The van der Waals surface area contributed by atoms with Crippen LogP contribution in [0.25, 0.3) is 0 Å². The normalized spacial score (nSPS) is 19.4. The Morgan fingerprint density at radius 1 is 1.42 bits per heavy atom. The molecule has 1 aromatic carbocycles. The van der Waals surface area contributed by atoms with Crippen molar-refractivity contribution >= 4 is 17.4 Å². The molecule has 1 aliphatic rings. The number of anilines is 1. The second kappa shape index (κ2) is 5.73. The number of carbonyl (C=O) groups excluding carboxylic acids is 2. The van der Waals surface area contributed by atoms with Gasteiger partial charge in [-0.05, 0) is 44.4 Å². The van der Waals surface area contributed by atoms with Crippen LogP contribution in [0.2, 0.25) is 0 Å². The number of nitrogens with one attached hydrogen (secondary N) is 1. The molecule has 5 nitrogen and oxygen atoms in total. The van der Waals surface area contributed by atoms with E-state index in [1.165, 1.54) is 6.92 Å². The lowest BCUT2D eigenvalue weighted by Gasteiger charge is -2.17. The first-order chi connectivity index (χ1) is 9.08. The molecular formula is C14H18N2O3. The van der Waals surface area contributed by atoms with Crippen molar-refractivity contribution in [1.29, 1.82) is 0 Å². The second-order valence-electron chi connectivity index (χ2n) is 4.71. The van der Waals surface area contributed by atoms with Gasteiger partial charge in [0.25, 0.3) is 5.91 Å². The van der Waals surface area contributed by atoms with Crippen LogP contribution in [-0.2, 0) is 4.79 Å². The first-order valence-corrected chi connectivity index (χ1v) is 6.43. The van der Waals surface area contributed by atoms with Gasteiger partial charge in [-0.25, -0.2) is 0 Å². The SMILES string of the molecule is CC(=O)c1cc(N)ccc1OC1CCCCNC1=O. The van der Waals surface area contributed by atoms with Crippen LogP contribution in [0.15, 0.2) is 18.2 Å². The second-order valence-corrected chi connectivity index (χ2v) is 4.71. The van der Waals surface area contributed by atoms with Gasteiger partial charge in [-0.2, -0.15) is 0 Å². The van der Waals surface area contributed by atoms with E-state index in [4.69, 9.17) is 10.5 Å². The number of ketones is 1. The summed E-state index contributed by atoms with van der Waals surface area (Å²) in [5.41, 5.74) is 6.58. The number of hydrogen-bond donors (Lipinski definition) is 2. The number of nitrogens with two attached hydrogens (primary N) is 1. The van der Waals surface area contributed by atoms with Gasteiger partial charge in [-0.3, -0.25) is 9.59 Å². The Balaban J connectivity index is 2.22. The molecule has 1 aliphatic heterocycles. The summed E-state index contributed by atoms with van der Waals surface area (Å²) in [6.45, 7) is 2.13. The predicted octanol–water partition coefficient (Wildman–Crippen LogP) is 1.52. The average molecular weight is 262 g/mol. The van der Waals surface area contributed by atoms with E-state index in [1.807, 2.05) is 0 Å². The maximum atomic E-state index is 11.8. The molecule has 0 bridgehead atoms. The summed E-state index contributed by atoms with van der Waals surface area (Å²) in [5.74, 6) is 0.170. The molecule has 1 heterocycles. The van der Waals surface area contributed by atoms with Crippen LogP contribution in [0.4, 0.5) is 5.69 Å². The van der Waals surface area contributed by atoms with Gasteiger partial charge in [0, 0.05) is 12.2 Å². The van der Waals surface area contributed by atoms with E-state index < -0.39 is 6.10 Å². The standard InChI is InChI=1S/C14H18N2O3/c1-9(17)11-8-10(15)5-6-12(11)19-13-4-2-3-7-16-14(13)18/h5-6,8,13H,2-4,7,15H2,1H3,(H,16,18). The van der Waals surface area contributed by atoms with Gasteiger partial charge in [-0.1, -0.05) is 0 Å². The number of carbonyl (C=O) groups is 2. The van der Waals surface area contributed by atoms with Crippen molar-refractivity contribution in [3.63, 3.8) is 0 Å². The van der Waals surface area contributed by atoms with Gasteiger partial charge in [-0.15, -0.1) is 0 Å². The molecular weight excluding hydrogens is 244 g/mol. The van der Waals surface area contributed by atoms with Gasteiger partial charge in [0.15, 0.2) is 11.9 Å². The van der Waals surface area contributed by atoms with Crippen molar-refractivity contribution in [3.8, 4) is 5.75 Å². The minimum atomic E-state index is -0.538. The largest absolute Gasteiger partial charge is 0.480 e. The zero-order valence-corrected chi connectivity index (χ0v) is 10.9. The monoisotopic (exact) mass is 262 g/mol. The highest BCUT2D eigenvalue weighted by atomic mass is 16.5. The van der Waals surface area contributed by atoms with Crippen molar-refractivity contribution in [2.75, 3.05) is 12.3 Å². The van der Waals surface area contributed by atoms with Gasteiger partial charge in [0.2, 0.25) is 0 Å². The van der Waals surface area contributed by atoms with E-state index in [2.05, 4.69) is 5.32 Å². The Kier molecular flexibility index (Phi) is 4.04. The van der Waals surface area contributed by atoms with Crippen LogP contribution in [0.3, 0.4) is 0 Å². The molecule has 3 N–H and O–H groups in total. The van der Waals surface area contributed by atoms with Crippen LogP contribution < -0.4 is 15.8 Å². The van der Waals surface area contributed by atoms with E-state index in [0.29, 0.717) is 30.0 Å². The van der Waals surface area contributed by atoms with E-state index in [0.717, 1.165) is 12.8 Å². The number of hydrogen-bond acceptors (Lipinski definition) is 4. The fraction of sp³-hybridized carbons (Fsp3) is 0.429. The summed E-state index contributed by atoms with van der Waals surface area (Å²) in [4.78, 5) is 23.4. The van der Waals surface area contributed by atoms with E-state index in [-0.39, 0.29) is 11.7 Å². The minimum absolute atomic E-state index is 0.121. The fourth-order valence-electron chi connectivity index (χ4n) is 2.10. The van der Waals surface area contributed by atoms with Gasteiger partial charge in [0.1, 0.15) is 5.75 Å². The maximum absolute atomic E-state index is 11.8. The first kappa shape index (κ1) is 13.4. The van der Waals surface area contributed by atoms with Crippen molar-refractivity contribution in [2.45, 2.75) is 32.3 Å². The smallest absolute Gasteiger partial charge is 0.261 e. The number of ether oxygens (including phenoxy) is 1. The van der Waals surface area contributed by atoms with E-state index >= 15 is 0 Å². The van der Waals surface area contributed by atoms with Crippen LogP contribution in [-0.4, -0.2) is 24.3 Å². The highest BCUT2D eigenvalue weighted by molar-refractivity contribution is 5.97. The Morgan fingerprint density at radius 3 is 2.95 bits per heavy atom. The summed E-state index contributed by atoms with van der Waals surface area (Å²) in [7, 11) is 0. The quantitative estimate of drug-likeness (QED) is 0.639. The summed E-state index contributed by atoms with van der Waals surface area (Å²) in [6, 6.07) is 4.88. The molecule has 1 saturated heterocycles. The van der Waals surface area contributed by atoms with Gasteiger partial charge >= 0.3 is 0 Å². The van der Waals surface area contributed by atoms with Crippen molar-refractivity contribution < 1.29 is 14.3 Å². The minimum Gasteiger partial charge on any atom is -0.480 e. The summed E-state index contributed by atoms with van der Waals surface area (Å²) >= 11 is 0. The topological polar surface area (TPSA) is 81.4 Å². The fourth-order valence-corrected chi connectivity index (χ4v) is 2.10. The molecule has 1 atom stereocenters.